The van der Waals surface area contributed by atoms with E-state index in [0.717, 1.165) is 36.2 Å². The number of aryl methyl sites for hydroxylation is 1. The van der Waals surface area contributed by atoms with Gasteiger partial charge in [-0.15, -0.1) is 11.3 Å². The lowest BCUT2D eigenvalue weighted by Crippen LogP contribution is -2.33. The molecule has 0 aliphatic rings. The summed E-state index contributed by atoms with van der Waals surface area (Å²) in [6, 6.07) is 10.6. The number of nitrogens with two attached hydrogens (primary N) is 1. The van der Waals surface area contributed by atoms with Crippen LogP contribution in [-0.4, -0.2) is 42.5 Å². The molecule has 0 aliphatic heterocycles. The zero-order valence-corrected chi connectivity index (χ0v) is 19.9. The van der Waals surface area contributed by atoms with E-state index < -0.39 is 0 Å². The van der Waals surface area contributed by atoms with Gasteiger partial charge in [-0.05, 0) is 69.7 Å². The van der Waals surface area contributed by atoms with Crippen molar-refractivity contribution in [2.75, 3.05) is 37.0 Å². The summed E-state index contributed by atoms with van der Waals surface area (Å²) < 4.78 is 0. The molecule has 3 aromatic rings. The standard InChI is InChI=1S/C24H30N6O2S/c1-16-6-4-7-18(12-16)27-24(32)29-20(8-5-11-30(2)3)17-9-10-21(26-13-17)23(31)28-22-15-33-14-19(22)25/h4,6-7,9-10,12-15,20H,5,8,11,25H2,1-3H3,(H,28,31)(H2,27,29,32). The minimum absolute atomic E-state index is 0.244. The van der Waals surface area contributed by atoms with Crippen LogP contribution >= 0.6 is 11.3 Å². The predicted octanol–water partition coefficient (Wildman–Crippen LogP) is 4.49. The van der Waals surface area contributed by atoms with Crippen LogP contribution in [0.25, 0.3) is 0 Å². The third kappa shape index (κ3) is 7.30. The number of nitrogens with one attached hydrogen (secondary N) is 3. The molecule has 0 spiro atoms. The summed E-state index contributed by atoms with van der Waals surface area (Å²) in [4.78, 5) is 31.6. The fraction of sp³-hybridized carbons (Fsp3) is 0.292. The van der Waals surface area contributed by atoms with E-state index >= 15 is 0 Å². The minimum atomic E-state index is -0.332. The molecule has 0 saturated carbocycles. The number of carbonyl (C=O) groups is 2. The van der Waals surface area contributed by atoms with Gasteiger partial charge in [-0.2, -0.15) is 0 Å². The van der Waals surface area contributed by atoms with Gasteiger partial charge < -0.3 is 26.6 Å². The van der Waals surface area contributed by atoms with Crippen molar-refractivity contribution < 1.29 is 9.59 Å². The van der Waals surface area contributed by atoms with Crippen LogP contribution in [0.5, 0.6) is 0 Å². The first kappa shape index (κ1) is 24.2. The van der Waals surface area contributed by atoms with Gasteiger partial charge in [0.1, 0.15) is 5.69 Å². The molecular weight excluding hydrogens is 436 g/mol. The van der Waals surface area contributed by atoms with Gasteiger partial charge in [0.2, 0.25) is 0 Å². The van der Waals surface area contributed by atoms with Crippen LogP contribution in [0.15, 0.2) is 53.4 Å². The Labute approximate surface area is 198 Å². The highest BCUT2D eigenvalue weighted by atomic mass is 32.1. The molecule has 0 radical (unpaired) electrons. The normalized spacial score (nSPS) is 11.8. The summed E-state index contributed by atoms with van der Waals surface area (Å²) in [5.74, 6) is -0.332. The number of amides is 3. The van der Waals surface area contributed by atoms with Crippen molar-refractivity contribution in [3.63, 3.8) is 0 Å². The first-order chi connectivity index (χ1) is 15.8. The number of anilines is 3. The Kier molecular flexibility index (Phi) is 8.39. The van der Waals surface area contributed by atoms with Crippen LogP contribution in [0.2, 0.25) is 0 Å². The van der Waals surface area contributed by atoms with Gasteiger partial charge in [0.25, 0.3) is 5.91 Å². The SMILES string of the molecule is Cc1cccc(NC(=O)NC(CCCN(C)C)c2ccc(C(=O)Nc3cscc3N)nc2)c1. The minimum Gasteiger partial charge on any atom is -0.396 e. The Morgan fingerprint density at radius 2 is 1.97 bits per heavy atom. The maximum absolute atomic E-state index is 12.7. The highest BCUT2D eigenvalue weighted by molar-refractivity contribution is 7.09. The number of pyridine rings is 1. The molecule has 33 heavy (non-hydrogen) atoms. The summed E-state index contributed by atoms with van der Waals surface area (Å²) >= 11 is 1.42. The second-order valence-electron chi connectivity index (χ2n) is 8.14. The van der Waals surface area contributed by atoms with Crippen molar-refractivity contribution in [1.29, 1.82) is 0 Å². The van der Waals surface area contributed by atoms with Gasteiger partial charge in [-0.25, -0.2) is 4.79 Å². The Morgan fingerprint density at radius 1 is 1.15 bits per heavy atom. The first-order valence-corrected chi connectivity index (χ1v) is 11.6. The fourth-order valence-electron chi connectivity index (χ4n) is 3.32. The van der Waals surface area contributed by atoms with Crippen LogP contribution in [0.3, 0.4) is 0 Å². The molecule has 1 atom stereocenters. The number of urea groups is 1. The molecule has 0 bridgehead atoms. The van der Waals surface area contributed by atoms with Gasteiger partial charge in [0, 0.05) is 22.6 Å². The van der Waals surface area contributed by atoms with Gasteiger partial charge in [-0.3, -0.25) is 9.78 Å². The van der Waals surface area contributed by atoms with E-state index in [0.29, 0.717) is 11.4 Å². The number of nitrogens with zero attached hydrogens (tertiary/aromatic N) is 2. The number of aromatic nitrogens is 1. The average molecular weight is 467 g/mol. The van der Waals surface area contributed by atoms with Crippen LogP contribution < -0.4 is 21.7 Å². The molecule has 1 aromatic carbocycles. The number of nitrogen functional groups attached to an aromatic ring is 1. The Bertz CT molecular complexity index is 1080. The van der Waals surface area contributed by atoms with Gasteiger partial charge >= 0.3 is 6.03 Å². The quantitative estimate of drug-likeness (QED) is 0.371. The van der Waals surface area contributed by atoms with Crippen LogP contribution in [0.4, 0.5) is 21.9 Å². The summed E-state index contributed by atoms with van der Waals surface area (Å²) in [6.07, 6.45) is 3.26. The second kappa shape index (κ2) is 11.4. The maximum atomic E-state index is 12.7. The highest BCUT2D eigenvalue weighted by Crippen LogP contribution is 2.24. The van der Waals surface area contributed by atoms with E-state index in [1.165, 1.54) is 11.3 Å². The number of carbonyl (C=O) groups excluding carboxylic acids is 2. The summed E-state index contributed by atoms with van der Waals surface area (Å²) in [6.45, 7) is 2.87. The average Bonchev–Trinajstić information content (AvgIpc) is 3.17. The molecule has 9 heteroatoms. The van der Waals surface area contributed by atoms with Crippen molar-refractivity contribution in [2.24, 2.45) is 0 Å². The Balaban J connectivity index is 1.69. The number of hydrogen-bond donors (Lipinski definition) is 4. The smallest absolute Gasteiger partial charge is 0.319 e. The lowest BCUT2D eigenvalue weighted by molar-refractivity contribution is 0.102. The Morgan fingerprint density at radius 3 is 2.61 bits per heavy atom. The summed E-state index contributed by atoms with van der Waals surface area (Å²) in [5, 5.41) is 12.2. The van der Waals surface area contributed by atoms with E-state index in [9.17, 15) is 9.59 Å². The molecular formula is C24H30N6O2S. The third-order valence-electron chi connectivity index (χ3n) is 5.04. The monoisotopic (exact) mass is 466 g/mol. The third-order valence-corrected chi connectivity index (χ3v) is 5.80. The molecule has 3 rings (SSSR count). The number of benzene rings is 1. The molecule has 0 fully saturated rings. The van der Waals surface area contributed by atoms with Gasteiger partial charge in [0.15, 0.2) is 0 Å². The lowest BCUT2D eigenvalue weighted by Gasteiger charge is -2.21. The fourth-order valence-corrected chi connectivity index (χ4v) is 4.00. The summed E-state index contributed by atoms with van der Waals surface area (Å²) in [7, 11) is 4.03. The second-order valence-corrected chi connectivity index (χ2v) is 8.88. The van der Waals surface area contributed by atoms with Crippen LogP contribution in [-0.2, 0) is 0 Å². The van der Waals surface area contributed by atoms with E-state index in [2.05, 4.69) is 25.8 Å². The Hall–Kier alpha value is -3.43. The molecule has 5 N–H and O–H groups in total. The topological polar surface area (TPSA) is 112 Å². The number of rotatable bonds is 9. The first-order valence-electron chi connectivity index (χ1n) is 10.7. The van der Waals surface area contributed by atoms with E-state index in [1.54, 1.807) is 23.0 Å². The molecule has 2 aromatic heterocycles. The van der Waals surface area contributed by atoms with E-state index in [-0.39, 0.29) is 23.7 Å². The van der Waals surface area contributed by atoms with Crippen LogP contribution in [0.1, 0.15) is 40.5 Å². The molecule has 3 amide bonds. The number of thiophene rings is 1. The zero-order valence-electron chi connectivity index (χ0n) is 19.1. The van der Waals surface area contributed by atoms with Crippen molar-refractivity contribution in [1.82, 2.24) is 15.2 Å². The van der Waals surface area contributed by atoms with Crippen molar-refractivity contribution in [3.8, 4) is 0 Å². The predicted molar refractivity (Wildman–Crippen MR) is 135 cm³/mol. The van der Waals surface area contributed by atoms with Crippen molar-refractivity contribution in [3.05, 3.63) is 70.2 Å². The highest BCUT2D eigenvalue weighted by Gasteiger charge is 2.17. The maximum Gasteiger partial charge on any atom is 0.319 e. The van der Waals surface area contributed by atoms with Crippen molar-refractivity contribution >= 4 is 40.3 Å². The van der Waals surface area contributed by atoms with E-state index in [4.69, 9.17) is 5.73 Å². The van der Waals surface area contributed by atoms with Crippen LogP contribution in [0, 0.1) is 6.92 Å². The van der Waals surface area contributed by atoms with Gasteiger partial charge in [-0.1, -0.05) is 18.2 Å². The largest absolute Gasteiger partial charge is 0.396 e. The van der Waals surface area contributed by atoms with Gasteiger partial charge in [0.05, 0.1) is 17.4 Å². The lowest BCUT2D eigenvalue weighted by atomic mass is 10.0. The molecule has 8 nitrogen and oxygen atoms in total. The molecule has 1 unspecified atom stereocenters. The number of hydrogen-bond acceptors (Lipinski definition) is 6. The van der Waals surface area contributed by atoms with Crippen molar-refractivity contribution in [2.45, 2.75) is 25.8 Å². The molecule has 2 heterocycles. The molecule has 174 valence electrons. The zero-order chi connectivity index (χ0) is 23.8. The summed E-state index contributed by atoms with van der Waals surface area (Å²) in [5.41, 5.74) is 9.85. The van der Waals surface area contributed by atoms with E-state index in [1.807, 2.05) is 51.4 Å². The molecule has 0 saturated heterocycles. The molecule has 0 aliphatic carbocycles.